The van der Waals surface area contributed by atoms with Crippen LogP contribution in [0.4, 0.5) is 5.69 Å². The van der Waals surface area contributed by atoms with E-state index in [1.807, 2.05) is 48.5 Å². The van der Waals surface area contributed by atoms with E-state index in [1.165, 1.54) is 4.90 Å². The molecule has 2 aromatic rings. The molecule has 0 aliphatic rings. The van der Waals surface area contributed by atoms with Gasteiger partial charge in [0.2, 0.25) is 0 Å². The first-order chi connectivity index (χ1) is 10.7. The Morgan fingerprint density at radius 1 is 1.09 bits per heavy atom. The van der Waals surface area contributed by atoms with Crippen LogP contribution in [0.1, 0.15) is 0 Å². The third-order valence-electron chi connectivity index (χ3n) is 2.73. The molecule has 0 amide bonds. The van der Waals surface area contributed by atoms with Crippen LogP contribution < -0.4 is 10.5 Å². The van der Waals surface area contributed by atoms with Gasteiger partial charge in [-0.05, 0) is 48.5 Å². The summed E-state index contributed by atoms with van der Waals surface area (Å²) in [5.41, 5.74) is 6.76. The Bertz CT molecular complexity index is 615. The van der Waals surface area contributed by atoms with E-state index in [4.69, 9.17) is 22.1 Å². The normalized spacial score (nSPS) is 11.5. The maximum atomic E-state index is 5.93. The average molecular weight is 353 g/mol. The van der Waals surface area contributed by atoms with Crippen molar-refractivity contribution in [2.75, 3.05) is 18.6 Å². The number of nitrogens with two attached hydrogens (primary N) is 1. The van der Waals surface area contributed by atoms with Crippen molar-refractivity contribution in [3.05, 3.63) is 53.6 Å². The van der Waals surface area contributed by atoms with Crippen molar-refractivity contribution in [2.24, 2.45) is 10.7 Å². The predicted octanol–water partition coefficient (Wildman–Crippen LogP) is 4.82. The summed E-state index contributed by atoms with van der Waals surface area (Å²) in [6.45, 7) is 0. The molecule has 0 atom stereocenters. The number of aliphatic imine (C=N–C) groups is 1. The second-order valence-corrected chi connectivity index (χ2v) is 7.02. The Hall–Kier alpha value is -1.30. The molecule has 22 heavy (non-hydrogen) atoms. The Morgan fingerprint density at radius 2 is 1.77 bits per heavy atom. The van der Waals surface area contributed by atoms with Gasteiger partial charge in [0.25, 0.3) is 0 Å². The molecule has 116 valence electrons. The summed E-state index contributed by atoms with van der Waals surface area (Å²) < 4.78 is 5.11. The van der Waals surface area contributed by atoms with Crippen molar-refractivity contribution in [1.29, 1.82) is 0 Å². The zero-order chi connectivity index (χ0) is 15.8. The SMILES string of the molecule is COc1ccc(N=C(N)SCCSc2ccc(Cl)cc2)cc1. The Kier molecular flexibility index (Phi) is 6.96. The molecule has 0 aliphatic heterocycles. The molecule has 0 radical (unpaired) electrons. The predicted molar refractivity (Wildman–Crippen MR) is 98.9 cm³/mol. The van der Waals surface area contributed by atoms with Crippen LogP contribution >= 0.6 is 35.1 Å². The molecular weight excluding hydrogens is 336 g/mol. The zero-order valence-electron chi connectivity index (χ0n) is 12.2. The van der Waals surface area contributed by atoms with Gasteiger partial charge in [0, 0.05) is 21.4 Å². The van der Waals surface area contributed by atoms with Gasteiger partial charge in [0.15, 0.2) is 5.17 Å². The highest BCUT2D eigenvalue weighted by Crippen LogP contribution is 2.22. The fourth-order valence-corrected chi connectivity index (χ4v) is 3.39. The van der Waals surface area contributed by atoms with Crippen molar-refractivity contribution < 1.29 is 4.74 Å². The van der Waals surface area contributed by atoms with Crippen molar-refractivity contribution >= 4 is 46.0 Å². The molecule has 0 bridgehead atoms. The Balaban J connectivity index is 1.75. The number of hydrogen-bond acceptors (Lipinski definition) is 4. The van der Waals surface area contributed by atoms with Crippen LogP contribution in [0.25, 0.3) is 0 Å². The quantitative estimate of drug-likeness (QED) is 0.350. The largest absolute Gasteiger partial charge is 0.497 e. The van der Waals surface area contributed by atoms with Gasteiger partial charge in [-0.1, -0.05) is 23.4 Å². The molecule has 0 aromatic heterocycles. The highest BCUT2D eigenvalue weighted by molar-refractivity contribution is 8.14. The molecule has 0 saturated heterocycles. The number of methoxy groups -OCH3 is 1. The standard InChI is InChI=1S/C16H17ClN2OS2/c1-20-14-6-4-13(5-7-14)19-16(18)22-11-10-21-15-8-2-12(17)3-9-15/h2-9H,10-11H2,1H3,(H2,18,19). The van der Waals surface area contributed by atoms with E-state index in [2.05, 4.69) is 4.99 Å². The van der Waals surface area contributed by atoms with Crippen molar-refractivity contribution in [3.8, 4) is 5.75 Å². The van der Waals surface area contributed by atoms with Crippen LogP contribution in [-0.2, 0) is 0 Å². The van der Waals surface area contributed by atoms with Gasteiger partial charge in [-0.2, -0.15) is 0 Å². The van der Waals surface area contributed by atoms with Gasteiger partial charge >= 0.3 is 0 Å². The maximum absolute atomic E-state index is 5.93. The summed E-state index contributed by atoms with van der Waals surface area (Å²) in [7, 11) is 1.64. The molecule has 0 spiro atoms. The molecule has 0 saturated carbocycles. The average Bonchev–Trinajstić information content (AvgIpc) is 2.54. The molecule has 2 aromatic carbocycles. The van der Waals surface area contributed by atoms with Crippen LogP contribution in [-0.4, -0.2) is 23.8 Å². The van der Waals surface area contributed by atoms with E-state index in [1.54, 1.807) is 30.6 Å². The summed E-state index contributed by atoms with van der Waals surface area (Å²) in [6, 6.07) is 15.3. The van der Waals surface area contributed by atoms with Crippen LogP contribution in [0.15, 0.2) is 58.4 Å². The first-order valence-corrected chi connectivity index (χ1v) is 9.01. The summed E-state index contributed by atoms with van der Waals surface area (Å²) in [4.78, 5) is 5.57. The van der Waals surface area contributed by atoms with Crippen LogP contribution in [0.5, 0.6) is 5.75 Å². The molecule has 0 unspecified atom stereocenters. The van der Waals surface area contributed by atoms with E-state index < -0.39 is 0 Å². The van der Waals surface area contributed by atoms with E-state index in [0.29, 0.717) is 5.17 Å². The molecule has 2 rings (SSSR count). The third-order valence-corrected chi connectivity index (χ3v) is 5.05. The minimum Gasteiger partial charge on any atom is -0.497 e. The van der Waals surface area contributed by atoms with Gasteiger partial charge in [-0.25, -0.2) is 4.99 Å². The molecule has 3 nitrogen and oxygen atoms in total. The maximum Gasteiger partial charge on any atom is 0.159 e. The highest BCUT2D eigenvalue weighted by Gasteiger charge is 1.99. The fourth-order valence-electron chi connectivity index (χ4n) is 1.65. The number of halogens is 1. The smallest absolute Gasteiger partial charge is 0.159 e. The molecular formula is C16H17ClN2OS2. The topological polar surface area (TPSA) is 47.6 Å². The van der Waals surface area contributed by atoms with E-state index in [-0.39, 0.29) is 0 Å². The molecule has 6 heteroatoms. The fraction of sp³-hybridized carbons (Fsp3) is 0.188. The van der Waals surface area contributed by atoms with Gasteiger partial charge in [-0.15, -0.1) is 11.8 Å². The van der Waals surface area contributed by atoms with Crippen molar-refractivity contribution in [3.63, 3.8) is 0 Å². The minimum absolute atomic E-state index is 0.571. The van der Waals surface area contributed by atoms with Gasteiger partial charge < -0.3 is 10.5 Å². The lowest BCUT2D eigenvalue weighted by atomic mass is 10.3. The van der Waals surface area contributed by atoms with E-state index >= 15 is 0 Å². The van der Waals surface area contributed by atoms with E-state index in [0.717, 1.165) is 28.0 Å². The second kappa shape index (κ2) is 8.98. The van der Waals surface area contributed by atoms with Gasteiger partial charge in [-0.3, -0.25) is 0 Å². The zero-order valence-corrected chi connectivity index (χ0v) is 14.5. The third kappa shape index (κ3) is 5.83. The number of amidine groups is 1. The number of thioether (sulfide) groups is 2. The number of ether oxygens (including phenoxy) is 1. The number of benzene rings is 2. The summed E-state index contributed by atoms with van der Waals surface area (Å²) in [5.74, 6) is 2.67. The first-order valence-electron chi connectivity index (χ1n) is 6.67. The summed E-state index contributed by atoms with van der Waals surface area (Å²) in [5, 5.41) is 1.33. The van der Waals surface area contributed by atoms with Crippen LogP contribution in [0.2, 0.25) is 5.02 Å². The Morgan fingerprint density at radius 3 is 2.41 bits per heavy atom. The number of nitrogens with zero attached hydrogens (tertiary/aromatic N) is 1. The highest BCUT2D eigenvalue weighted by atomic mass is 35.5. The molecule has 2 N–H and O–H groups in total. The van der Waals surface area contributed by atoms with Crippen molar-refractivity contribution in [2.45, 2.75) is 4.90 Å². The molecule has 0 heterocycles. The van der Waals surface area contributed by atoms with Gasteiger partial charge in [0.05, 0.1) is 12.8 Å². The number of hydrogen-bond donors (Lipinski definition) is 1. The first kappa shape index (κ1) is 17.1. The number of rotatable bonds is 6. The second-order valence-electron chi connectivity index (χ2n) is 4.30. The molecule has 0 aliphatic carbocycles. The summed E-state index contributed by atoms with van der Waals surface area (Å²) in [6.07, 6.45) is 0. The summed E-state index contributed by atoms with van der Waals surface area (Å²) >= 11 is 9.19. The lowest BCUT2D eigenvalue weighted by Crippen LogP contribution is -2.07. The Labute approximate surface area is 144 Å². The van der Waals surface area contributed by atoms with Crippen LogP contribution in [0.3, 0.4) is 0 Å². The van der Waals surface area contributed by atoms with Crippen LogP contribution in [0, 0.1) is 0 Å². The van der Waals surface area contributed by atoms with Gasteiger partial charge in [0.1, 0.15) is 5.75 Å². The minimum atomic E-state index is 0.571. The van der Waals surface area contributed by atoms with E-state index in [9.17, 15) is 0 Å². The lowest BCUT2D eigenvalue weighted by Gasteiger charge is -2.03. The van der Waals surface area contributed by atoms with Crippen molar-refractivity contribution in [1.82, 2.24) is 0 Å². The molecule has 0 fully saturated rings. The lowest BCUT2D eigenvalue weighted by molar-refractivity contribution is 0.415. The monoisotopic (exact) mass is 352 g/mol.